The standard InChI is InChI=1S/C30H47NO10/c1-18(2)13-25(32)38-19(3)20(4)39-26(33)22(31)14-21-11-12-23(40-27(34)36-16-29(5,6)7)24(15-21)41-28(35)37-17-30(8,9)10/h11-12,15,18-20,22H,13-14,16-17,31H2,1-10H3/t19-,20-,22-/m0/s1. The van der Waals surface area contributed by atoms with Crippen LogP contribution in [0.25, 0.3) is 0 Å². The summed E-state index contributed by atoms with van der Waals surface area (Å²) in [5.41, 5.74) is 6.00. The number of carbonyl (C=O) groups is 4. The number of rotatable bonds is 12. The van der Waals surface area contributed by atoms with Gasteiger partial charge in [-0.2, -0.15) is 0 Å². The minimum absolute atomic E-state index is 0.00915. The molecular weight excluding hydrogens is 534 g/mol. The smallest absolute Gasteiger partial charge is 0.459 e. The molecule has 11 nitrogen and oxygen atoms in total. The zero-order valence-electron chi connectivity index (χ0n) is 26.0. The Morgan fingerprint density at radius 2 is 1.24 bits per heavy atom. The fraction of sp³-hybridized carbons (Fsp3) is 0.667. The van der Waals surface area contributed by atoms with Crippen molar-refractivity contribution in [3.05, 3.63) is 23.8 Å². The Balaban J connectivity index is 2.97. The zero-order valence-corrected chi connectivity index (χ0v) is 26.0. The highest BCUT2D eigenvalue weighted by molar-refractivity contribution is 5.76. The lowest BCUT2D eigenvalue weighted by atomic mass is 9.99. The fourth-order valence-corrected chi connectivity index (χ4v) is 3.02. The fourth-order valence-electron chi connectivity index (χ4n) is 3.02. The summed E-state index contributed by atoms with van der Waals surface area (Å²) in [6.45, 7) is 18.6. The van der Waals surface area contributed by atoms with Gasteiger partial charge in [-0.25, -0.2) is 9.59 Å². The van der Waals surface area contributed by atoms with Crippen molar-refractivity contribution in [3.63, 3.8) is 0 Å². The van der Waals surface area contributed by atoms with Gasteiger partial charge in [0.05, 0.1) is 13.2 Å². The third kappa shape index (κ3) is 15.3. The van der Waals surface area contributed by atoms with Gasteiger partial charge in [0, 0.05) is 6.42 Å². The second-order valence-electron chi connectivity index (χ2n) is 12.9. The quantitative estimate of drug-likeness (QED) is 0.187. The molecule has 0 saturated carbocycles. The Kier molecular flexibility index (Phi) is 13.6. The summed E-state index contributed by atoms with van der Waals surface area (Å²) in [5.74, 6) is -1.14. The summed E-state index contributed by atoms with van der Waals surface area (Å²) in [7, 11) is 0. The number of hydrogen-bond acceptors (Lipinski definition) is 11. The van der Waals surface area contributed by atoms with E-state index in [9.17, 15) is 19.2 Å². The minimum atomic E-state index is -1.08. The monoisotopic (exact) mass is 581 g/mol. The first-order valence-corrected chi connectivity index (χ1v) is 13.7. The van der Waals surface area contributed by atoms with E-state index >= 15 is 0 Å². The molecule has 232 valence electrons. The van der Waals surface area contributed by atoms with Crippen molar-refractivity contribution in [1.82, 2.24) is 0 Å². The second kappa shape index (κ2) is 15.6. The van der Waals surface area contributed by atoms with Crippen molar-refractivity contribution in [2.24, 2.45) is 22.5 Å². The number of nitrogens with two attached hydrogens (primary N) is 1. The van der Waals surface area contributed by atoms with E-state index in [1.165, 1.54) is 12.1 Å². The Hall–Kier alpha value is -3.34. The van der Waals surface area contributed by atoms with Crippen LogP contribution in [0.3, 0.4) is 0 Å². The van der Waals surface area contributed by atoms with Crippen molar-refractivity contribution >= 4 is 24.2 Å². The highest BCUT2D eigenvalue weighted by Crippen LogP contribution is 2.30. The summed E-state index contributed by atoms with van der Waals surface area (Å²) < 4.78 is 31.6. The molecule has 2 N–H and O–H groups in total. The molecule has 0 aliphatic heterocycles. The molecule has 0 unspecified atom stereocenters. The average molecular weight is 582 g/mol. The molecule has 0 radical (unpaired) electrons. The molecule has 1 rings (SSSR count). The Bertz CT molecular complexity index is 1040. The normalized spacial score (nSPS) is 14.0. The zero-order chi connectivity index (χ0) is 31.5. The molecule has 41 heavy (non-hydrogen) atoms. The van der Waals surface area contributed by atoms with Gasteiger partial charge in [-0.15, -0.1) is 0 Å². The molecule has 0 amide bonds. The van der Waals surface area contributed by atoms with Gasteiger partial charge in [0.15, 0.2) is 11.5 Å². The number of carbonyl (C=O) groups excluding carboxylic acids is 4. The van der Waals surface area contributed by atoms with E-state index in [4.69, 9.17) is 34.2 Å². The molecule has 0 aliphatic rings. The second-order valence-corrected chi connectivity index (χ2v) is 12.9. The molecule has 1 aromatic rings. The van der Waals surface area contributed by atoms with E-state index in [2.05, 4.69) is 0 Å². The highest BCUT2D eigenvalue weighted by Gasteiger charge is 2.26. The van der Waals surface area contributed by atoms with Crippen LogP contribution in [-0.4, -0.2) is 55.7 Å². The molecule has 0 spiro atoms. The topological polar surface area (TPSA) is 150 Å². The van der Waals surface area contributed by atoms with Gasteiger partial charge in [-0.1, -0.05) is 61.5 Å². The largest absolute Gasteiger partial charge is 0.513 e. The Labute approximate surface area is 243 Å². The molecule has 3 atom stereocenters. The maximum Gasteiger partial charge on any atom is 0.513 e. The summed E-state index contributed by atoms with van der Waals surface area (Å²) >= 11 is 0. The maximum absolute atomic E-state index is 12.7. The molecule has 0 aromatic heterocycles. The van der Waals surface area contributed by atoms with Crippen molar-refractivity contribution in [2.75, 3.05) is 13.2 Å². The molecule has 1 aromatic carbocycles. The van der Waals surface area contributed by atoms with Crippen LogP contribution in [0.15, 0.2) is 18.2 Å². The van der Waals surface area contributed by atoms with Gasteiger partial charge >= 0.3 is 24.2 Å². The van der Waals surface area contributed by atoms with Crippen molar-refractivity contribution in [2.45, 2.75) is 100 Å². The van der Waals surface area contributed by atoms with Crippen molar-refractivity contribution < 1.29 is 47.6 Å². The van der Waals surface area contributed by atoms with Crippen LogP contribution in [0.5, 0.6) is 11.5 Å². The molecule has 0 aliphatic carbocycles. The molecule has 0 bridgehead atoms. The third-order valence-electron chi connectivity index (χ3n) is 5.25. The van der Waals surface area contributed by atoms with Gasteiger partial charge in [0.25, 0.3) is 0 Å². The summed E-state index contributed by atoms with van der Waals surface area (Å²) in [6.07, 6.45) is -3.09. The van der Waals surface area contributed by atoms with Crippen LogP contribution in [0, 0.1) is 16.7 Å². The van der Waals surface area contributed by atoms with E-state index in [0.29, 0.717) is 5.56 Å². The molecule has 11 heteroatoms. The van der Waals surface area contributed by atoms with Gasteiger partial charge in [0.1, 0.15) is 18.2 Å². The lowest BCUT2D eigenvalue weighted by Crippen LogP contribution is -2.39. The van der Waals surface area contributed by atoms with Gasteiger partial charge in [0.2, 0.25) is 0 Å². The average Bonchev–Trinajstić information content (AvgIpc) is 2.81. The lowest BCUT2D eigenvalue weighted by Gasteiger charge is -2.23. The van der Waals surface area contributed by atoms with Crippen LogP contribution >= 0.6 is 0 Å². The van der Waals surface area contributed by atoms with Crippen LogP contribution < -0.4 is 15.2 Å². The minimum Gasteiger partial charge on any atom is -0.459 e. The number of hydrogen-bond donors (Lipinski definition) is 1. The predicted octanol–water partition coefficient (Wildman–Crippen LogP) is 5.59. The molecule has 0 saturated heterocycles. The predicted molar refractivity (Wildman–Crippen MR) is 152 cm³/mol. The Morgan fingerprint density at radius 1 is 0.756 bits per heavy atom. The maximum atomic E-state index is 12.7. The number of esters is 2. The molecule has 0 fully saturated rings. The van der Waals surface area contributed by atoms with Gasteiger partial charge in [-0.05, 0) is 54.7 Å². The number of benzene rings is 1. The summed E-state index contributed by atoms with van der Waals surface area (Å²) in [6, 6.07) is 3.29. The van der Waals surface area contributed by atoms with E-state index < -0.39 is 36.5 Å². The van der Waals surface area contributed by atoms with E-state index in [1.807, 2.05) is 55.4 Å². The van der Waals surface area contributed by atoms with Crippen molar-refractivity contribution in [3.8, 4) is 11.5 Å². The van der Waals surface area contributed by atoms with Crippen molar-refractivity contribution in [1.29, 1.82) is 0 Å². The summed E-state index contributed by atoms with van der Waals surface area (Å²) in [5, 5.41) is 0. The third-order valence-corrected chi connectivity index (χ3v) is 5.25. The molecular formula is C30H47NO10. The van der Waals surface area contributed by atoms with Gasteiger partial charge < -0.3 is 34.2 Å². The van der Waals surface area contributed by atoms with Crippen LogP contribution in [-0.2, 0) is 35.0 Å². The van der Waals surface area contributed by atoms with Crippen LogP contribution in [0.2, 0.25) is 0 Å². The SMILES string of the molecule is CC(C)CC(=O)O[C@@H](C)[C@H](C)OC(=O)[C@@H](N)Cc1ccc(OC(=O)OCC(C)(C)C)c(OC(=O)OCC(C)(C)C)c1. The van der Waals surface area contributed by atoms with E-state index in [0.717, 1.165) is 0 Å². The molecule has 0 heterocycles. The first-order valence-electron chi connectivity index (χ1n) is 13.7. The van der Waals surface area contributed by atoms with E-state index in [1.54, 1.807) is 19.9 Å². The lowest BCUT2D eigenvalue weighted by molar-refractivity contribution is -0.166. The highest BCUT2D eigenvalue weighted by atomic mass is 16.7. The number of ether oxygens (including phenoxy) is 6. The van der Waals surface area contributed by atoms with Crippen LogP contribution in [0.4, 0.5) is 9.59 Å². The summed E-state index contributed by atoms with van der Waals surface area (Å²) in [4.78, 5) is 49.2. The first kappa shape index (κ1) is 35.7. The van der Waals surface area contributed by atoms with E-state index in [-0.39, 0.29) is 60.3 Å². The van der Waals surface area contributed by atoms with Gasteiger partial charge in [-0.3, -0.25) is 9.59 Å². The Morgan fingerprint density at radius 3 is 1.73 bits per heavy atom. The van der Waals surface area contributed by atoms with Crippen LogP contribution in [0.1, 0.15) is 81.2 Å². The first-order chi connectivity index (χ1) is 18.8.